The van der Waals surface area contributed by atoms with Gasteiger partial charge in [-0.25, -0.2) is 0 Å². The van der Waals surface area contributed by atoms with Crippen LogP contribution in [0.15, 0.2) is 36.4 Å². The lowest BCUT2D eigenvalue weighted by Gasteiger charge is -2.13. The van der Waals surface area contributed by atoms with Crippen molar-refractivity contribution in [2.24, 2.45) is 0 Å². The average molecular weight is 299 g/mol. The van der Waals surface area contributed by atoms with E-state index in [1.807, 2.05) is 50.2 Å². The monoisotopic (exact) mass is 299 g/mol. The number of amides is 1. The quantitative estimate of drug-likeness (QED) is 0.922. The first-order valence-electron chi connectivity index (χ1n) is 7.11. The molecule has 2 aromatic carbocycles. The van der Waals surface area contributed by atoms with E-state index in [1.54, 1.807) is 14.2 Å². The second kappa shape index (κ2) is 6.98. The van der Waals surface area contributed by atoms with Crippen LogP contribution in [0.1, 0.15) is 27.0 Å². The van der Waals surface area contributed by atoms with Crippen molar-refractivity contribution in [1.82, 2.24) is 5.32 Å². The largest absolute Gasteiger partial charge is 0.497 e. The van der Waals surface area contributed by atoms with Crippen molar-refractivity contribution < 1.29 is 14.3 Å². The highest BCUT2D eigenvalue weighted by Gasteiger charge is 2.15. The van der Waals surface area contributed by atoms with Crippen LogP contribution in [0.2, 0.25) is 0 Å². The number of carbonyl (C=O) groups is 1. The number of carbonyl (C=O) groups excluding carboxylic acids is 1. The summed E-state index contributed by atoms with van der Waals surface area (Å²) in [4.78, 5) is 12.4. The lowest BCUT2D eigenvalue weighted by atomic mass is 10.0. The van der Waals surface area contributed by atoms with Crippen LogP contribution in [-0.2, 0) is 6.54 Å². The molecule has 0 aliphatic carbocycles. The Morgan fingerprint density at radius 1 is 1.05 bits per heavy atom. The standard InChI is InChI=1S/C18H21NO3/c1-12-9-13(2)17(16(10-12)22-4)18(20)19-11-14-5-7-15(21-3)8-6-14/h5-10H,11H2,1-4H3,(H,19,20). The highest BCUT2D eigenvalue weighted by atomic mass is 16.5. The van der Waals surface area contributed by atoms with Crippen molar-refractivity contribution in [3.05, 3.63) is 58.7 Å². The Morgan fingerprint density at radius 2 is 1.73 bits per heavy atom. The molecule has 0 radical (unpaired) electrons. The summed E-state index contributed by atoms with van der Waals surface area (Å²) in [5, 5.41) is 2.93. The average Bonchev–Trinajstić information content (AvgIpc) is 2.52. The maximum atomic E-state index is 12.4. The fourth-order valence-corrected chi connectivity index (χ4v) is 2.39. The highest BCUT2D eigenvalue weighted by molar-refractivity contribution is 5.98. The summed E-state index contributed by atoms with van der Waals surface area (Å²) in [6, 6.07) is 11.5. The second-order valence-electron chi connectivity index (χ2n) is 5.19. The Balaban J connectivity index is 2.12. The van der Waals surface area contributed by atoms with Crippen molar-refractivity contribution in [3.63, 3.8) is 0 Å². The minimum absolute atomic E-state index is 0.134. The number of rotatable bonds is 5. The van der Waals surface area contributed by atoms with Crippen LogP contribution < -0.4 is 14.8 Å². The zero-order valence-corrected chi connectivity index (χ0v) is 13.4. The van der Waals surface area contributed by atoms with Gasteiger partial charge in [-0.05, 0) is 48.7 Å². The molecule has 0 unspecified atom stereocenters. The molecule has 4 heteroatoms. The van der Waals surface area contributed by atoms with E-state index < -0.39 is 0 Å². The number of hydrogen-bond acceptors (Lipinski definition) is 3. The maximum absolute atomic E-state index is 12.4. The third-order valence-corrected chi connectivity index (χ3v) is 3.50. The van der Waals surface area contributed by atoms with E-state index in [1.165, 1.54) is 0 Å². The number of benzene rings is 2. The van der Waals surface area contributed by atoms with E-state index in [2.05, 4.69) is 5.32 Å². The van der Waals surface area contributed by atoms with Gasteiger partial charge in [-0.15, -0.1) is 0 Å². The second-order valence-corrected chi connectivity index (χ2v) is 5.19. The molecule has 0 bridgehead atoms. The van der Waals surface area contributed by atoms with Gasteiger partial charge < -0.3 is 14.8 Å². The van der Waals surface area contributed by atoms with Gasteiger partial charge in [-0.1, -0.05) is 18.2 Å². The van der Waals surface area contributed by atoms with Crippen LogP contribution in [0.5, 0.6) is 11.5 Å². The van der Waals surface area contributed by atoms with Crippen LogP contribution in [0.25, 0.3) is 0 Å². The Labute approximate surface area is 131 Å². The lowest BCUT2D eigenvalue weighted by Crippen LogP contribution is -2.24. The molecule has 0 saturated carbocycles. The van der Waals surface area contributed by atoms with Crippen LogP contribution in [0.4, 0.5) is 0 Å². The third kappa shape index (κ3) is 3.58. The normalized spacial score (nSPS) is 10.2. The van der Waals surface area contributed by atoms with Gasteiger partial charge in [-0.3, -0.25) is 4.79 Å². The predicted octanol–water partition coefficient (Wildman–Crippen LogP) is 3.25. The molecule has 2 rings (SSSR count). The molecule has 0 aromatic heterocycles. The van der Waals surface area contributed by atoms with Crippen LogP contribution in [0.3, 0.4) is 0 Å². The van der Waals surface area contributed by atoms with Gasteiger partial charge in [0.05, 0.1) is 19.8 Å². The first-order valence-corrected chi connectivity index (χ1v) is 7.11. The highest BCUT2D eigenvalue weighted by Crippen LogP contribution is 2.24. The van der Waals surface area contributed by atoms with Gasteiger partial charge in [-0.2, -0.15) is 0 Å². The van der Waals surface area contributed by atoms with E-state index in [0.29, 0.717) is 17.9 Å². The number of methoxy groups -OCH3 is 2. The molecule has 0 atom stereocenters. The SMILES string of the molecule is COc1ccc(CNC(=O)c2c(C)cc(C)cc2OC)cc1. The molecule has 116 valence electrons. The molecule has 0 saturated heterocycles. The van der Waals surface area contributed by atoms with Crippen LogP contribution in [-0.4, -0.2) is 20.1 Å². The molecule has 0 fully saturated rings. The summed E-state index contributed by atoms with van der Waals surface area (Å²) in [7, 11) is 3.21. The van der Waals surface area contributed by atoms with Gasteiger partial charge in [0, 0.05) is 6.54 Å². The molecule has 0 aliphatic heterocycles. The van der Waals surface area contributed by atoms with Crippen molar-refractivity contribution in [2.45, 2.75) is 20.4 Å². The first kappa shape index (κ1) is 15.9. The predicted molar refractivity (Wildman–Crippen MR) is 86.6 cm³/mol. The molecule has 2 aromatic rings. The molecular weight excluding hydrogens is 278 g/mol. The zero-order valence-electron chi connectivity index (χ0n) is 13.4. The van der Waals surface area contributed by atoms with E-state index >= 15 is 0 Å². The summed E-state index contributed by atoms with van der Waals surface area (Å²) in [5.41, 5.74) is 3.57. The molecule has 22 heavy (non-hydrogen) atoms. The molecule has 0 spiro atoms. The van der Waals surface area contributed by atoms with Crippen molar-refractivity contribution >= 4 is 5.91 Å². The van der Waals surface area contributed by atoms with E-state index in [0.717, 1.165) is 22.4 Å². The topological polar surface area (TPSA) is 47.6 Å². The minimum atomic E-state index is -0.134. The summed E-state index contributed by atoms with van der Waals surface area (Å²) in [5.74, 6) is 1.26. The molecule has 0 heterocycles. The summed E-state index contributed by atoms with van der Waals surface area (Å²) in [6.45, 7) is 4.35. The lowest BCUT2D eigenvalue weighted by molar-refractivity contribution is 0.0947. The smallest absolute Gasteiger partial charge is 0.255 e. The van der Waals surface area contributed by atoms with E-state index in [4.69, 9.17) is 9.47 Å². The van der Waals surface area contributed by atoms with E-state index in [-0.39, 0.29) is 5.91 Å². The summed E-state index contributed by atoms with van der Waals surface area (Å²) in [6.07, 6.45) is 0. The van der Waals surface area contributed by atoms with Crippen LogP contribution >= 0.6 is 0 Å². The Hall–Kier alpha value is -2.49. The summed E-state index contributed by atoms with van der Waals surface area (Å²) >= 11 is 0. The number of aryl methyl sites for hydroxylation is 2. The number of hydrogen-bond donors (Lipinski definition) is 1. The maximum Gasteiger partial charge on any atom is 0.255 e. The van der Waals surface area contributed by atoms with Crippen molar-refractivity contribution in [3.8, 4) is 11.5 Å². The van der Waals surface area contributed by atoms with Gasteiger partial charge in [0.2, 0.25) is 0 Å². The summed E-state index contributed by atoms with van der Waals surface area (Å²) < 4.78 is 10.5. The fraction of sp³-hybridized carbons (Fsp3) is 0.278. The van der Waals surface area contributed by atoms with Crippen molar-refractivity contribution in [1.29, 1.82) is 0 Å². The van der Waals surface area contributed by atoms with E-state index in [9.17, 15) is 4.79 Å². The van der Waals surface area contributed by atoms with Gasteiger partial charge >= 0.3 is 0 Å². The molecule has 1 N–H and O–H groups in total. The van der Waals surface area contributed by atoms with Crippen molar-refractivity contribution in [2.75, 3.05) is 14.2 Å². The fourth-order valence-electron chi connectivity index (χ4n) is 2.39. The van der Waals surface area contributed by atoms with Crippen LogP contribution in [0, 0.1) is 13.8 Å². The molecule has 0 aliphatic rings. The number of ether oxygens (including phenoxy) is 2. The minimum Gasteiger partial charge on any atom is -0.497 e. The van der Waals surface area contributed by atoms with Gasteiger partial charge in [0.15, 0.2) is 0 Å². The number of nitrogens with one attached hydrogen (secondary N) is 1. The molecule has 1 amide bonds. The first-order chi connectivity index (χ1) is 10.5. The van der Waals surface area contributed by atoms with Gasteiger partial charge in [0.1, 0.15) is 11.5 Å². The Kier molecular flexibility index (Phi) is 5.04. The van der Waals surface area contributed by atoms with Gasteiger partial charge in [0.25, 0.3) is 5.91 Å². The molecule has 4 nitrogen and oxygen atoms in total. The molecular formula is C18H21NO3. The Bertz CT molecular complexity index is 663. The third-order valence-electron chi connectivity index (χ3n) is 3.50. The Morgan fingerprint density at radius 3 is 2.32 bits per heavy atom. The zero-order chi connectivity index (χ0) is 16.1.